The lowest BCUT2D eigenvalue weighted by molar-refractivity contribution is -0.116. The number of rotatable bonds is 5. The maximum absolute atomic E-state index is 11.4. The third kappa shape index (κ3) is 5.14. The van der Waals surface area contributed by atoms with Crippen LogP contribution in [0.3, 0.4) is 0 Å². The Balaban J connectivity index is 2.37. The van der Waals surface area contributed by atoms with Crippen molar-refractivity contribution in [1.29, 1.82) is 0 Å². The summed E-state index contributed by atoms with van der Waals surface area (Å²) in [5.74, 6) is 0.483. The summed E-state index contributed by atoms with van der Waals surface area (Å²) in [6, 6.07) is 5.14. The maximum atomic E-state index is 11.4. The molecule has 0 aliphatic rings. The van der Waals surface area contributed by atoms with Crippen molar-refractivity contribution in [2.75, 3.05) is 10.6 Å². The van der Waals surface area contributed by atoms with Crippen LogP contribution in [0.4, 0.5) is 5.82 Å². The standard InChI is InChI=1S/C10H12BrClN2O/c11-7-2-1-6-10(15)14-9-5-3-4-8(12)13-9/h3-5H,1-2,6-7H2,(H,13,14,15). The van der Waals surface area contributed by atoms with Crippen LogP contribution in [-0.2, 0) is 4.79 Å². The van der Waals surface area contributed by atoms with E-state index in [2.05, 4.69) is 26.2 Å². The lowest BCUT2D eigenvalue weighted by atomic mass is 10.2. The molecule has 5 heteroatoms. The van der Waals surface area contributed by atoms with Crippen LogP contribution in [0.1, 0.15) is 19.3 Å². The molecule has 0 saturated heterocycles. The van der Waals surface area contributed by atoms with Crippen molar-refractivity contribution >= 4 is 39.3 Å². The van der Waals surface area contributed by atoms with Gasteiger partial charge in [0.15, 0.2) is 0 Å². The van der Waals surface area contributed by atoms with E-state index in [1.807, 2.05) is 0 Å². The number of hydrogen-bond acceptors (Lipinski definition) is 2. The number of aromatic nitrogens is 1. The summed E-state index contributed by atoms with van der Waals surface area (Å²) in [7, 11) is 0. The molecule has 0 bridgehead atoms. The van der Waals surface area contributed by atoms with Crippen molar-refractivity contribution in [2.45, 2.75) is 19.3 Å². The molecule has 0 aliphatic heterocycles. The molecule has 3 nitrogen and oxygen atoms in total. The zero-order valence-corrected chi connectivity index (χ0v) is 10.5. The van der Waals surface area contributed by atoms with E-state index in [1.54, 1.807) is 18.2 Å². The van der Waals surface area contributed by atoms with E-state index >= 15 is 0 Å². The van der Waals surface area contributed by atoms with E-state index < -0.39 is 0 Å². The van der Waals surface area contributed by atoms with E-state index in [1.165, 1.54) is 0 Å². The highest BCUT2D eigenvalue weighted by molar-refractivity contribution is 9.09. The highest BCUT2D eigenvalue weighted by atomic mass is 79.9. The van der Waals surface area contributed by atoms with Gasteiger partial charge in [-0.15, -0.1) is 0 Å². The van der Waals surface area contributed by atoms with Gasteiger partial charge in [0, 0.05) is 11.8 Å². The number of anilines is 1. The monoisotopic (exact) mass is 290 g/mol. The highest BCUT2D eigenvalue weighted by Gasteiger charge is 2.02. The van der Waals surface area contributed by atoms with Crippen LogP contribution in [0.25, 0.3) is 0 Å². The number of amides is 1. The molecule has 0 atom stereocenters. The first-order chi connectivity index (χ1) is 7.22. The fraction of sp³-hybridized carbons (Fsp3) is 0.400. The SMILES string of the molecule is O=C(CCCCBr)Nc1cccc(Cl)n1. The summed E-state index contributed by atoms with van der Waals surface area (Å²) in [5.41, 5.74) is 0. The van der Waals surface area contributed by atoms with Crippen molar-refractivity contribution in [3.05, 3.63) is 23.4 Å². The Labute approximate surface area is 102 Å². The van der Waals surface area contributed by atoms with E-state index in [0.29, 0.717) is 17.4 Å². The number of carbonyl (C=O) groups is 1. The Morgan fingerprint density at radius 3 is 2.93 bits per heavy atom. The van der Waals surface area contributed by atoms with Crippen LogP contribution in [0.15, 0.2) is 18.2 Å². The summed E-state index contributed by atoms with van der Waals surface area (Å²) >= 11 is 9.00. The third-order valence-corrected chi connectivity index (χ3v) is 2.54. The minimum atomic E-state index is -0.0225. The van der Waals surface area contributed by atoms with Crippen LogP contribution in [-0.4, -0.2) is 16.2 Å². The van der Waals surface area contributed by atoms with Gasteiger partial charge in [0.05, 0.1) is 0 Å². The molecule has 1 rings (SSSR count). The molecule has 0 spiro atoms. The number of unbranched alkanes of at least 4 members (excludes halogenated alkanes) is 1. The van der Waals surface area contributed by atoms with Crippen molar-refractivity contribution in [2.24, 2.45) is 0 Å². The number of nitrogens with one attached hydrogen (secondary N) is 1. The van der Waals surface area contributed by atoms with Crippen LogP contribution in [0, 0.1) is 0 Å². The molecule has 82 valence electrons. The van der Waals surface area contributed by atoms with Crippen molar-refractivity contribution in [1.82, 2.24) is 4.98 Å². The summed E-state index contributed by atoms with van der Waals surface area (Å²) in [6.07, 6.45) is 2.38. The van der Waals surface area contributed by atoms with Gasteiger partial charge in [-0.1, -0.05) is 33.6 Å². The van der Waals surface area contributed by atoms with Gasteiger partial charge in [-0.25, -0.2) is 4.98 Å². The average Bonchev–Trinajstić information content (AvgIpc) is 2.18. The number of hydrogen-bond donors (Lipinski definition) is 1. The molecule has 0 radical (unpaired) electrons. The van der Waals surface area contributed by atoms with Crippen molar-refractivity contribution < 1.29 is 4.79 Å². The first-order valence-electron chi connectivity index (χ1n) is 4.71. The largest absolute Gasteiger partial charge is 0.311 e. The first kappa shape index (κ1) is 12.5. The normalized spacial score (nSPS) is 10.0. The highest BCUT2D eigenvalue weighted by Crippen LogP contribution is 2.10. The molecule has 1 amide bonds. The molecule has 15 heavy (non-hydrogen) atoms. The molecule has 1 aromatic heterocycles. The number of carbonyl (C=O) groups excluding carboxylic acids is 1. The minimum Gasteiger partial charge on any atom is -0.311 e. The fourth-order valence-electron chi connectivity index (χ4n) is 1.06. The smallest absolute Gasteiger partial charge is 0.225 e. The Morgan fingerprint density at radius 2 is 2.27 bits per heavy atom. The van der Waals surface area contributed by atoms with Gasteiger partial charge < -0.3 is 5.32 Å². The summed E-state index contributed by atoms with van der Waals surface area (Å²) in [5, 5.41) is 4.00. The van der Waals surface area contributed by atoms with Crippen LogP contribution < -0.4 is 5.32 Å². The van der Waals surface area contributed by atoms with E-state index in [-0.39, 0.29) is 5.91 Å². The Hall–Kier alpha value is -0.610. The van der Waals surface area contributed by atoms with Crippen LogP contribution >= 0.6 is 27.5 Å². The second kappa shape index (κ2) is 6.80. The second-order valence-electron chi connectivity index (χ2n) is 3.04. The number of halogens is 2. The van der Waals surface area contributed by atoms with Crippen LogP contribution in [0.5, 0.6) is 0 Å². The molecular weight excluding hydrogens is 279 g/mol. The van der Waals surface area contributed by atoms with Gasteiger partial charge in [-0.2, -0.15) is 0 Å². The molecule has 0 unspecified atom stereocenters. The quantitative estimate of drug-likeness (QED) is 0.514. The van der Waals surface area contributed by atoms with E-state index in [4.69, 9.17) is 11.6 Å². The minimum absolute atomic E-state index is 0.0225. The zero-order chi connectivity index (χ0) is 11.1. The molecule has 0 aliphatic carbocycles. The molecule has 1 aromatic rings. The summed E-state index contributed by atoms with van der Waals surface area (Å²) in [6.45, 7) is 0. The molecule has 1 heterocycles. The number of pyridine rings is 1. The van der Waals surface area contributed by atoms with Gasteiger partial charge in [-0.05, 0) is 25.0 Å². The van der Waals surface area contributed by atoms with Crippen molar-refractivity contribution in [3.8, 4) is 0 Å². The lowest BCUT2D eigenvalue weighted by Gasteiger charge is -2.03. The van der Waals surface area contributed by atoms with Gasteiger partial charge in [0.25, 0.3) is 0 Å². The van der Waals surface area contributed by atoms with Crippen LogP contribution in [0.2, 0.25) is 5.15 Å². The molecule has 0 aromatic carbocycles. The topological polar surface area (TPSA) is 42.0 Å². The Kier molecular flexibility index (Phi) is 5.65. The van der Waals surface area contributed by atoms with E-state index in [0.717, 1.165) is 18.2 Å². The predicted molar refractivity (Wildman–Crippen MR) is 65.5 cm³/mol. The first-order valence-corrected chi connectivity index (χ1v) is 6.20. The Morgan fingerprint density at radius 1 is 1.47 bits per heavy atom. The molecule has 0 fully saturated rings. The zero-order valence-electron chi connectivity index (χ0n) is 8.17. The van der Waals surface area contributed by atoms with Crippen molar-refractivity contribution in [3.63, 3.8) is 0 Å². The van der Waals surface area contributed by atoms with Gasteiger partial charge in [0.1, 0.15) is 11.0 Å². The molecular formula is C10H12BrClN2O. The molecule has 1 N–H and O–H groups in total. The summed E-state index contributed by atoms with van der Waals surface area (Å²) in [4.78, 5) is 15.4. The average molecular weight is 292 g/mol. The maximum Gasteiger partial charge on any atom is 0.225 e. The predicted octanol–water partition coefficient (Wildman–Crippen LogP) is 3.24. The number of nitrogens with zero attached hydrogens (tertiary/aromatic N) is 1. The second-order valence-corrected chi connectivity index (χ2v) is 4.22. The van der Waals surface area contributed by atoms with E-state index in [9.17, 15) is 4.79 Å². The van der Waals surface area contributed by atoms with Gasteiger partial charge in [-0.3, -0.25) is 4.79 Å². The Bertz CT molecular complexity index is 333. The third-order valence-electron chi connectivity index (χ3n) is 1.77. The molecule has 0 saturated carbocycles. The van der Waals surface area contributed by atoms with Gasteiger partial charge >= 0.3 is 0 Å². The lowest BCUT2D eigenvalue weighted by Crippen LogP contribution is -2.12. The fourth-order valence-corrected chi connectivity index (χ4v) is 1.62. The number of alkyl halides is 1. The van der Waals surface area contributed by atoms with Gasteiger partial charge in [0.2, 0.25) is 5.91 Å². The summed E-state index contributed by atoms with van der Waals surface area (Å²) < 4.78 is 0.